The molecule has 0 fully saturated rings. The Hall–Kier alpha value is -2.74. The summed E-state index contributed by atoms with van der Waals surface area (Å²) < 4.78 is 15.7. The quantitative estimate of drug-likeness (QED) is 0.700. The van der Waals surface area contributed by atoms with Gasteiger partial charge in [0.15, 0.2) is 11.5 Å². The molecule has 0 saturated heterocycles. The number of carbonyl (C=O) groups is 2. The van der Waals surface area contributed by atoms with E-state index in [4.69, 9.17) is 37.4 Å². The molecule has 0 aliphatic carbocycles. The minimum atomic E-state index is -0.467. The van der Waals surface area contributed by atoms with Gasteiger partial charge in [0, 0.05) is 29.4 Å². The molecule has 9 heteroatoms. The number of anilines is 1. The lowest BCUT2D eigenvalue weighted by molar-refractivity contribution is -0.137. The van der Waals surface area contributed by atoms with Crippen molar-refractivity contribution in [3.8, 4) is 11.5 Å². The van der Waals surface area contributed by atoms with E-state index in [0.29, 0.717) is 27.8 Å². The first-order chi connectivity index (χ1) is 14.0. The molecule has 1 N–H and O–H groups in total. The van der Waals surface area contributed by atoms with Crippen LogP contribution in [0, 0.1) is 0 Å². The number of carbonyl (C=O) groups excluding carboxylic acids is 2. The largest absolute Gasteiger partial charge is 0.454 e. The van der Waals surface area contributed by atoms with Crippen molar-refractivity contribution in [1.82, 2.24) is 4.90 Å². The average molecular weight is 435 g/mol. The molecule has 2 heterocycles. The monoisotopic (exact) mass is 434 g/mol. The number of hydrogen-bond acceptors (Lipinski definition) is 6. The number of nitrogens with zero attached hydrogens (tertiary/aromatic N) is 1. The zero-order valence-corrected chi connectivity index (χ0v) is 16.8. The van der Waals surface area contributed by atoms with E-state index in [-0.39, 0.29) is 36.2 Å². The Morgan fingerprint density at radius 2 is 1.86 bits per heavy atom. The number of methoxy groups -OCH3 is 1. The third kappa shape index (κ3) is 3.64. The molecular formula is C20H16Cl2N2O5. The van der Waals surface area contributed by atoms with Crippen molar-refractivity contribution >= 4 is 46.3 Å². The number of hydrogen-bond donors (Lipinski definition) is 1. The Labute approximate surface area is 176 Å². The van der Waals surface area contributed by atoms with Crippen molar-refractivity contribution in [2.24, 2.45) is 0 Å². The molecule has 2 aromatic rings. The van der Waals surface area contributed by atoms with Gasteiger partial charge >= 0.3 is 0 Å². The number of rotatable bonds is 6. The van der Waals surface area contributed by atoms with E-state index in [1.807, 2.05) is 0 Å². The van der Waals surface area contributed by atoms with Gasteiger partial charge in [-0.15, -0.1) is 0 Å². The molecule has 4 rings (SSSR count). The number of nitrogens with one attached hydrogen (secondary N) is 1. The lowest BCUT2D eigenvalue weighted by Crippen LogP contribution is -2.35. The van der Waals surface area contributed by atoms with Crippen molar-refractivity contribution in [2.75, 3.05) is 32.4 Å². The normalized spacial score (nSPS) is 15.5. The summed E-state index contributed by atoms with van der Waals surface area (Å²) in [5.74, 6) is 0.237. The molecule has 0 bridgehead atoms. The lowest BCUT2D eigenvalue weighted by Gasteiger charge is -2.14. The van der Waals surface area contributed by atoms with Crippen LogP contribution >= 0.6 is 23.2 Å². The topological polar surface area (TPSA) is 77.1 Å². The molecule has 0 radical (unpaired) electrons. The Balaban J connectivity index is 1.76. The van der Waals surface area contributed by atoms with Crippen LogP contribution in [-0.4, -0.2) is 43.8 Å². The van der Waals surface area contributed by atoms with E-state index in [0.717, 1.165) is 4.90 Å². The van der Waals surface area contributed by atoms with Gasteiger partial charge in [0.1, 0.15) is 5.70 Å². The van der Waals surface area contributed by atoms with Crippen LogP contribution in [0.25, 0.3) is 5.57 Å². The van der Waals surface area contributed by atoms with E-state index in [1.165, 1.54) is 13.2 Å². The Kier molecular flexibility index (Phi) is 5.36. The first-order valence-corrected chi connectivity index (χ1v) is 9.46. The standard InChI is InChI=1S/C20H16Cl2N2O5/c1-27-7-6-24-19(25)17(13-4-2-11(21)8-14(13)22)18(20(24)26)23-12-3-5-15-16(9-12)29-10-28-15/h2-5,8-9,23H,6-7,10H2,1H3. The summed E-state index contributed by atoms with van der Waals surface area (Å²) in [6.07, 6.45) is 0. The van der Waals surface area contributed by atoms with Gasteiger partial charge in [0.05, 0.1) is 23.7 Å². The Morgan fingerprint density at radius 1 is 1.07 bits per heavy atom. The van der Waals surface area contributed by atoms with Crippen LogP contribution in [0.3, 0.4) is 0 Å². The zero-order chi connectivity index (χ0) is 20.5. The second kappa shape index (κ2) is 7.94. The van der Waals surface area contributed by atoms with Crippen LogP contribution in [0.2, 0.25) is 10.0 Å². The molecule has 29 heavy (non-hydrogen) atoms. The van der Waals surface area contributed by atoms with Gasteiger partial charge < -0.3 is 19.5 Å². The zero-order valence-electron chi connectivity index (χ0n) is 15.3. The molecular weight excluding hydrogens is 419 g/mol. The van der Waals surface area contributed by atoms with Crippen LogP contribution in [0.15, 0.2) is 42.1 Å². The maximum atomic E-state index is 13.1. The molecule has 0 unspecified atom stereocenters. The molecule has 0 aromatic heterocycles. The van der Waals surface area contributed by atoms with E-state index < -0.39 is 11.8 Å². The number of fused-ring (bicyclic) bond motifs is 1. The molecule has 2 amide bonds. The van der Waals surface area contributed by atoms with Gasteiger partial charge in [-0.25, -0.2) is 0 Å². The molecule has 2 aliphatic rings. The van der Waals surface area contributed by atoms with Crippen molar-refractivity contribution in [3.05, 3.63) is 57.7 Å². The van der Waals surface area contributed by atoms with Crippen LogP contribution in [0.1, 0.15) is 5.56 Å². The summed E-state index contributed by atoms with van der Waals surface area (Å²) in [6, 6.07) is 9.92. The van der Waals surface area contributed by atoms with Crippen molar-refractivity contribution < 1.29 is 23.8 Å². The second-order valence-electron chi connectivity index (χ2n) is 6.32. The second-order valence-corrected chi connectivity index (χ2v) is 7.17. The summed E-state index contributed by atoms with van der Waals surface area (Å²) in [6.45, 7) is 0.473. The van der Waals surface area contributed by atoms with Gasteiger partial charge in [0.2, 0.25) is 6.79 Å². The summed E-state index contributed by atoms with van der Waals surface area (Å²) >= 11 is 12.3. The van der Waals surface area contributed by atoms with Crippen molar-refractivity contribution in [3.63, 3.8) is 0 Å². The Bertz CT molecular complexity index is 1040. The summed E-state index contributed by atoms with van der Waals surface area (Å²) in [5.41, 5.74) is 1.28. The predicted octanol–water partition coefficient (Wildman–Crippen LogP) is 3.56. The minimum Gasteiger partial charge on any atom is -0.454 e. The number of benzene rings is 2. The summed E-state index contributed by atoms with van der Waals surface area (Å²) in [4.78, 5) is 27.2. The van der Waals surface area contributed by atoms with Crippen molar-refractivity contribution in [2.45, 2.75) is 0 Å². The van der Waals surface area contributed by atoms with E-state index in [1.54, 1.807) is 30.3 Å². The summed E-state index contributed by atoms with van der Waals surface area (Å²) in [7, 11) is 1.50. The fourth-order valence-corrected chi connectivity index (χ4v) is 3.64. The van der Waals surface area contributed by atoms with Gasteiger partial charge in [-0.1, -0.05) is 29.3 Å². The highest BCUT2D eigenvalue weighted by Gasteiger charge is 2.39. The number of ether oxygens (including phenoxy) is 3. The van der Waals surface area contributed by atoms with Gasteiger partial charge in [-0.3, -0.25) is 14.5 Å². The Morgan fingerprint density at radius 3 is 2.62 bits per heavy atom. The highest BCUT2D eigenvalue weighted by Crippen LogP contribution is 2.38. The van der Waals surface area contributed by atoms with Crippen LogP contribution in [0.4, 0.5) is 5.69 Å². The molecule has 2 aromatic carbocycles. The third-order valence-electron chi connectivity index (χ3n) is 4.53. The van der Waals surface area contributed by atoms with Crippen LogP contribution < -0.4 is 14.8 Å². The number of imide groups is 1. The van der Waals surface area contributed by atoms with Gasteiger partial charge in [0.25, 0.3) is 11.8 Å². The predicted molar refractivity (Wildman–Crippen MR) is 108 cm³/mol. The van der Waals surface area contributed by atoms with Gasteiger partial charge in [-0.2, -0.15) is 0 Å². The van der Waals surface area contributed by atoms with Crippen molar-refractivity contribution in [1.29, 1.82) is 0 Å². The van der Waals surface area contributed by atoms with Gasteiger partial charge in [-0.05, 0) is 24.3 Å². The molecule has 150 valence electrons. The lowest BCUT2D eigenvalue weighted by atomic mass is 10.0. The van der Waals surface area contributed by atoms with E-state index in [9.17, 15) is 9.59 Å². The molecule has 0 spiro atoms. The van der Waals surface area contributed by atoms with Crippen LogP contribution in [0.5, 0.6) is 11.5 Å². The smallest absolute Gasteiger partial charge is 0.278 e. The van der Waals surface area contributed by atoms with E-state index >= 15 is 0 Å². The first-order valence-electron chi connectivity index (χ1n) is 8.71. The SMILES string of the molecule is COCCN1C(=O)C(Nc2ccc3c(c2)OCO3)=C(c2ccc(Cl)cc2Cl)C1=O. The maximum absolute atomic E-state index is 13.1. The molecule has 2 aliphatic heterocycles. The average Bonchev–Trinajstić information content (AvgIpc) is 3.24. The maximum Gasteiger partial charge on any atom is 0.278 e. The minimum absolute atomic E-state index is 0.120. The third-order valence-corrected chi connectivity index (χ3v) is 5.08. The molecule has 0 atom stereocenters. The molecule has 7 nitrogen and oxygen atoms in total. The van der Waals surface area contributed by atoms with E-state index in [2.05, 4.69) is 5.32 Å². The highest BCUT2D eigenvalue weighted by atomic mass is 35.5. The number of amides is 2. The number of halogens is 2. The fraction of sp³-hybridized carbons (Fsp3) is 0.200. The fourth-order valence-electron chi connectivity index (χ4n) is 3.14. The van der Waals surface area contributed by atoms with Crippen LogP contribution in [-0.2, 0) is 14.3 Å². The highest BCUT2D eigenvalue weighted by molar-refractivity contribution is 6.41. The molecule has 0 saturated carbocycles. The first kappa shape index (κ1) is 19.6. The summed E-state index contributed by atoms with van der Waals surface area (Å²) in [5, 5.41) is 3.75.